The van der Waals surface area contributed by atoms with Crippen LogP contribution in [0.5, 0.6) is 11.5 Å². The predicted molar refractivity (Wildman–Crippen MR) is 128 cm³/mol. The van der Waals surface area contributed by atoms with Crippen molar-refractivity contribution < 1.29 is 27.5 Å². The lowest BCUT2D eigenvalue weighted by atomic mass is 10.2. The maximum Gasteiger partial charge on any atom is 0.269 e. The summed E-state index contributed by atoms with van der Waals surface area (Å²) in [7, 11) is -2.45. The second kappa shape index (κ2) is 12.5. The van der Waals surface area contributed by atoms with Crippen LogP contribution in [0.25, 0.3) is 0 Å². The fourth-order valence-electron chi connectivity index (χ4n) is 2.77. The predicted octanol–water partition coefficient (Wildman–Crippen LogP) is 2.34. The molecular weight excluding hydrogens is 466 g/mol. The third-order valence-corrected chi connectivity index (χ3v) is 6.50. The Hall–Kier alpha value is -2.76. The number of nitrogens with one attached hydrogen (secondary N) is 3. The minimum atomic E-state index is -3.91. The Kier molecular flexibility index (Phi) is 10.0. The quantitative estimate of drug-likeness (QED) is 0.409. The third kappa shape index (κ3) is 7.95. The summed E-state index contributed by atoms with van der Waals surface area (Å²) in [6, 6.07) is 11.3. The molecule has 0 aliphatic carbocycles. The highest BCUT2D eigenvalue weighted by molar-refractivity contribution is 7.98. The van der Waals surface area contributed by atoms with Crippen LogP contribution in [0.4, 0.5) is 0 Å². The van der Waals surface area contributed by atoms with Crippen LogP contribution in [0.15, 0.2) is 53.4 Å². The highest BCUT2D eigenvalue weighted by Gasteiger charge is 2.26. The Bertz CT molecular complexity index is 1050. The van der Waals surface area contributed by atoms with Gasteiger partial charge < -0.3 is 9.47 Å². The molecule has 0 aliphatic rings. The van der Waals surface area contributed by atoms with Crippen LogP contribution < -0.4 is 25.0 Å². The Morgan fingerprint density at radius 2 is 1.73 bits per heavy atom. The number of hydrogen-bond donors (Lipinski definition) is 3. The molecule has 1 atom stereocenters. The first-order valence-corrected chi connectivity index (χ1v) is 13.1. The van der Waals surface area contributed by atoms with Crippen molar-refractivity contribution in [3.05, 3.63) is 54.1 Å². The molecule has 33 heavy (non-hydrogen) atoms. The number of hydrogen-bond acceptors (Lipinski definition) is 7. The molecule has 180 valence electrons. The van der Waals surface area contributed by atoms with Gasteiger partial charge in [0.1, 0.15) is 6.04 Å². The molecule has 3 N–H and O–H groups in total. The standard InChI is InChI=1S/C22H29N3O6S2/c1-15(2)31-19-11-10-16(14-20(19)30-3)21(26)23-24-22(27)18(12-13-32-4)25-33(28,29)17-8-6-5-7-9-17/h5-11,14-15,18,25H,12-13H2,1-4H3,(H,23,26)(H,24,27). The Morgan fingerprint density at radius 1 is 1.03 bits per heavy atom. The van der Waals surface area contributed by atoms with Crippen LogP contribution in [-0.4, -0.2) is 51.5 Å². The number of rotatable bonds is 11. The van der Waals surface area contributed by atoms with Gasteiger partial charge in [-0.3, -0.25) is 20.4 Å². The highest BCUT2D eigenvalue weighted by Crippen LogP contribution is 2.28. The van der Waals surface area contributed by atoms with Crippen molar-refractivity contribution in [2.24, 2.45) is 0 Å². The van der Waals surface area contributed by atoms with Crippen LogP contribution in [0, 0.1) is 0 Å². The molecule has 0 bridgehead atoms. The SMILES string of the molecule is COc1cc(C(=O)NNC(=O)C(CCSC)NS(=O)(=O)c2ccccc2)ccc1OC(C)C. The average molecular weight is 496 g/mol. The van der Waals surface area contributed by atoms with Crippen molar-refractivity contribution in [1.82, 2.24) is 15.6 Å². The fraction of sp³-hybridized carbons (Fsp3) is 0.364. The molecule has 9 nitrogen and oxygen atoms in total. The van der Waals surface area contributed by atoms with Gasteiger partial charge in [-0.25, -0.2) is 8.42 Å². The molecule has 0 aromatic heterocycles. The second-order valence-corrected chi connectivity index (χ2v) is 9.94. The van der Waals surface area contributed by atoms with E-state index in [1.54, 1.807) is 24.3 Å². The van der Waals surface area contributed by atoms with E-state index in [1.165, 1.54) is 43.1 Å². The number of benzene rings is 2. The Morgan fingerprint density at radius 3 is 2.33 bits per heavy atom. The number of methoxy groups -OCH3 is 1. The molecule has 1 unspecified atom stereocenters. The maximum absolute atomic E-state index is 12.7. The van der Waals surface area contributed by atoms with E-state index in [2.05, 4.69) is 15.6 Å². The van der Waals surface area contributed by atoms with Crippen molar-refractivity contribution in [3.63, 3.8) is 0 Å². The number of amides is 2. The van der Waals surface area contributed by atoms with Gasteiger partial charge in [0.2, 0.25) is 10.0 Å². The van der Waals surface area contributed by atoms with E-state index in [9.17, 15) is 18.0 Å². The van der Waals surface area contributed by atoms with Crippen molar-refractivity contribution in [3.8, 4) is 11.5 Å². The number of sulfonamides is 1. The van der Waals surface area contributed by atoms with E-state index in [0.717, 1.165) is 0 Å². The van der Waals surface area contributed by atoms with Gasteiger partial charge in [-0.05, 0) is 62.6 Å². The van der Waals surface area contributed by atoms with Gasteiger partial charge in [0, 0.05) is 5.56 Å². The topological polar surface area (TPSA) is 123 Å². The number of carbonyl (C=O) groups excluding carboxylic acids is 2. The van der Waals surface area contributed by atoms with E-state index < -0.39 is 27.9 Å². The van der Waals surface area contributed by atoms with Crippen LogP contribution in [-0.2, 0) is 14.8 Å². The van der Waals surface area contributed by atoms with Crippen LogP contribution >= 0.6 is 11.8 Å². The van der Waals surface area contributed by atoms with Gasteiger partial charge in [-0.1, -0.05) is 18.2 Å². The summed E-state index contributed by atoms with van der Waals surface area (Å²) in [5, 5.41) is 0. The van der Waals surface area contributed by atoms with Crippen molar-refractivity contribution in [2.75, 3.05) is 19.1 Å². The fourth-order valence-corrected chi connectivity index (χ4v) is 4.49. The molecule has 2 amide bonds. The van der Waals surface area contributed by atoms with E-state index in [1.807, 2.05) is 20.1 Å². The summed E-state index contributed by atoms with van der Waals surface area (Å²) in [5.41, 5.74) is 4.85. The average Bonchev–Trinajstić information content (AvgIpc) is 2.80. The van der Waals surface area contributed by atoms with Gasteiger partial charge in [0.25, 0.3) is 11.8 Å². The molecule has 2 aromatic rings. The van der Waals surface area contributed by atoms with Crippen LogP contribution in [0.1, 0.15) is 30.6 Å². The van der Waals surface area contributed by atoms with Crippen LogP contribution in [0.3, 0.4) is 0 Å². The van der Waals surface area contributed by atoms with Gasteiger partial charge in [-0.15, -0.1) is 0 Å². The molecule has 0 radical (unpaired) electrons. The van der Waals surface area contributed by atoms with E-state index in [4.69, 9.17) is 9.47 Å². The van der Waals surface area contributed by atoms with Gasteiger partial charge in [0.15, 0.2) is 11.5 Å². The molecular formula is C22H29N3O6S2. The highest BCUT2D eigenvalue weighted by atomic mass is 32.2. The minimum absolute atomic E-state index is 0.0480. The van der Waals surface area contributed by atoms with Crippen molar-refractivity contribution in [2.45, 2.75) is 37.3 Å². The molecule has 0 fully saturated rings. The van der Waals surface area contributed by atoms with Crippen molar-refractivity contribution in [1.29, 1.82) is 0 Å². The number of thioether (sulfide) groups is 1. The Labute approximate surface area is 198 Å². The first-order valence-electron chi connectivity index (χ1n) is 10.2. The summed E-state index contributed by atoms with van der Waals surface area (Å²) in [5.74, 6) is 0.130. The van der Waals surface area contributed by atoms with E-state index in [-0.39, 0.29) is 23.0 Å². The first-order chi connectivity index (χ1) is 15.7. The zero-order valence-corrected chi connectivity index (χ0v) is 20.6. The number of hydrazine groups is 1. The van der Waals surface area contributed by atoms with Gasteiger partial charge >= 0.3 is 0 Å². The summed E-state index contributed by atoms with van der Waals surface area (Å²) in [6.45, 7) is 3.74. The zero-order chi connectivity index (χ0) is 24.4. The summed E-state index contributed by atoms with van der Waals surface area (Å²) in [6.07, 6.45) is 2.02. The number of carbonyl (C=O) groups is 2. The molecule has 0 heterocycles. The maximum atomic E-state index is 12.7. The summed E-state index contributed by atoms with van der Waals surface area (Å²) in [4.78, 5) is 25.3. The summed E-state index contributed by atoms with van der Waals surface area (Å²) < 4.78 is 38.6. The molecule has 0 aliphatic heterocycles. The van der Waals surface area contributed by atoms with E-state index in [0.29, 0.717) is 17.3 Å². The first kappa shape index (κ1) is 26.5. The van der Waals surface area contributed by atoms with Crippen LogP contribution in [0.2, 0.25) is 0 Å². The third-order valence-electron chi connectivity index (χ3n) is 4.37. The lowest BCUT2D eigenvalue weighted by Crippen LogP contribution is -2.52. The number of ether oxygens (including phenoxy) is 2. The lowest BCUT2D eigenvalue weighted by molar-refractivity contribution is -0.123. The summed E-state index contributed by atoms with van der Waals surface area (Å²) >= 11 is 1.47. The zero-order valence-electron chi connectivity index (χ0n) is 19.0. The van der Waals surface area contributed by atoms with E-state index >= 15 is 0 Å². The Balaban J connectivity index is 2.08. The molecule has 11 heteroatoms. The second-order valence-electron chi connectivity index (χ2n) is 7.24. The largest absolute Gasteiger partial charge is 0.493 e. The molecule has 0 saturated carbocycles. The van der Waals surface area contributed by atoms with Gasteiger partial charge in [0.05, 0.1) is 18.1 Å². The molecule has 0 spiro atoms. The monoisotopic (exact) mass is 495 g/mol. The smallest absolute Gasteiger partial charge is 0.269 e. The van der Waals surface area contributed by atoms with Crippen molar-refractivity contribution >= 4 is 33.6 Å². The minimum Gasteiger partial charge on any atom is -0.493 e. The van der Waals surface area contributed by atoms with Gasteiger partial charge in [-0.2, -0.15) is 16.5 Å². The molecule has 2 rings (SSSR count). The molecule has 2 aromatic carbocycles. The molecule has 0 saturated heterocycles. The lowest BCUT2D eigenvalue weighted by Gasteiger charge is -2.19. The normalized spacial score (nSPS) is 12.2.